The maximum Gasteiger partial charge on any atom is 0.448 e. The van der Waals surface area contributed by atoms with E-state index < -0.39 is 52.6 Å². The Kier molecular flexibility index (Phi) is 3.49. The molecule has 0 aromatic rings. The quantitative estimate of drug-likeness (QED) is 0.617. The van der Waals surface area contributed by atoms with Gasteiger partial charge in [0, 0.05) is 6.42 Å². The summed E-state index contributed by atoms with van der Waals surface area (Å²) in [7, 11) is 0. The van der Waals surface area contributed by atoms with E-state index in [1.165, 1.54) is 0 Å². The average Bonchev–Trinajstić information content (AvgIpc) is 2.41. The number of hydrogen-bond donors (Lipinski definition) is 1. The summed E-state index contributed by atoms with van der Waals surface area (Å²) in [6.45, 7) is 0. The number of carbonyl (C=O) groups excluding carboxylic acids is 2. The van der Waals surface area contributed by atoms with Crippen molar-refractivity contribution in [1.82, 2.24) is 0 Å². The summed E-state index contributed by atoms with van der Waals surface area (Å²) in [6.07, 6.45) is -12.7. The molecule has 1 unspecified atom stereocenters. The van der Waals surface area contributed by atoms with Crippen LogP contribution >= 0.6 is 11.8 Å². The maximum atomic E-state index is 12.5. The van der Waals surface area contributed by atoms with Crippen LogP contribution in [-0.4, -0.2) is 34.4 Å². The van der Waals surface area contributed by atoms with E-state index in [0.29, 0.717) is 0 Å². The lowest BCUT2D eigenvalue weighted by atomic mass is 10.3. The van der Waals surface area contributed by atoms with Gasteiger partial charge in [0.25, 0.3) is 0 Å². The van der Waals surface area contributed by atoms with Gasteiger partial charge >= 0.3 is 23.3 Å². The molecule has 2 N–H and O–H groups in total. The van der Waals surface area contributed by atoms with Crippen LogP contribution in [0.3, 0.4) is 0 Å². The molecule has 18 heavy (non-hydrogen) atoms. The number of cyclic esters (lactones) is 1. The molecule has 1 aliphatic heterocycles. The second-order valence-corrected chi connectivity index (χ2v) is 4.69. The molecule has 1 fully saturated rings. The Balaban J connectivity index is 3.12. The van der Waals surface area contributed by atoms with E-state index in [1.54, 1.807) is 0 Å². The molecule has 0 spiro atoms. The van der Waals surface area contributed by atoms with Crippen molar-refractivity contribution in [3.63, 3.8) is 0 Å². The largest absolute Gasteiger partial charge is 0.448 e. The third kappa shape index (κ3) is 2.35. The number of hydrogen-bond acceptors (Lipinski definition) is 4. The zero-order chi connectivity index (χ0) is 14.4. The molecule has 1 saturated heterocycles. The fourth-order valence-corrected chi connectivity index (χ4v) is 2.39. The Hall–Kier alpha value is -1.13. The van der Waals surface area contributed by atoms with Gasteiger partial charge in [-0.05, 0) is 0 Å². The van der Waals surface area contributed by atoms with Gasteiger partial charge in [-0.2, -0.15) is 26.3 Å². The highest BCUT2D eigenvalue weighted by atomic mass is 32.2. The molecule has 1 aliphatic rings. The smallest absolute Gasteiger partial charge is 0.428 e. The van der Waals surface area contributed by atoms with Crippen molar-refractivity contribution < 1.29 is 40.7 Å². The van der Waals surface area contributed by atoms with Crippen molar-refractivity contribution in [3.8, 4) is 0 Å². The minimum atomic E-state index is -5.85. The number of thioether (sulfide) groups is 1. The highest BCUT2D eigenvalue weighted by molar-refractivity contribution is 8.02. The summed E-state index contributed by atoms with van der Waals surface area (Å²) in [6, 6.07) is 0. The lowest BCUT2D eigenvalue weighted by Crippen LogP contribution is -2.54. The van der Waals surface area contributed by atoms with Gasteiger partial charge in [0.05, 0.1) is 0 Å². The Labute approximate surface area is 99.8 Å². The number of amides is 1. The number of ether oxygens (including phenoxy) is 1. The van der Waals surface area contributed by atoms with Crippen molar-refractivity contribution in [1.29, 1.82) is 0 Å². The molecular weight excluding hydrogens is 292 g/mol. The number of halogens is 6. The van der Waals surface area contributed by atoms with Gasteiger partial charge in [-0.15, -0.1) is 0 Å². The summed E-state index contributed by atoms with van der Waals surface area (Å²) >= 11 is -0.814. The molecule has 104 valence electrons. The van der Waals surface area contributed by atoms with Gasteiger partial charge in [-0.25, -0.2) is 0 Å². The summed E-state index contributed by atoms with van der Waals surface area (Å²) in [5.74, 6) is -2.97. The predicted molar refractivity (Wildman–Crippen MR) is 46.1 cm³/mol. The number of primary amides is 1. The first-order valence-corrected chi connectivity index (χ1v) is 5.11. The SMILES string of the molecule is NC(=O)CC1SC(C(F)(F)F)(C(F)(F)F)OC1=O. The molecule has 1 atom stereocenters. The Morgan fingerprint density at radius 1 is 1.28 bits per heavy atom. The molecule has 11 heteroatoms. The Morgan fingerprint density at radius 2 is 1.72 bits per heavy atom. The number of rotatable bonds is 2. The topological polar surface area (TPSA) is 69.4 Å². The molecule has 0 aliphatic carbocycles. The van der Waals surface area contributed by atoms with Crippen molar-refractivity contribution >= 4 is 23.6 Å². The molecular formula is C7H5F6NO3S. The van der Waals surface area contributed by atoms with Gasteiger partial charge < -0.3 is 10.5 Å². The van der Waals surface area contributed by atoms with Crippen LogP contribution in [-0.2, 0) is 14.3 Å². The Bertz CT molecular complexity index is 364. The second kappa shape index (κ2) is 4.21. The normalized spacial score (nSPS) is 23.9. The van der Waals surface area contributed by atoms with Gasteiger partial charge in [-0.3, -0.25) is 9.59 Å². The molecule has 0 bridgehead atoms. The van der Waals surface area contributed by atoms with E-state index in [2.05, 4.69) is 10.5 Å². The lowest BCUT2D eigenvalue weighted by molar-refractivity contribution is -0.327. The number of carbonyl (C=O) groups is 2. The number of alkyl halides is 6. The van der Waals surface area contributed by atoms with E-state index in [-0.39, 0.29) is 0 Å². The molecule has 0 saturated carbocycles. The van der Waals surface area contributed by atoms with Crippen LogP contribution in [0.25, 0.3) is 0 Å². The standard InChI is InChI=1S/C7H5F6NO3S/c8-6(9,10)5(7(11,12)13)17-4(16)2(18-5)1-3(14)15/h2H,1H2,(H2,14,15). The maximum absolute atomic E-state index is 12.5. The van der Waals surface area contributed by atoms with E-state index >= 15 is 0 Å². The Morgan fingerprint density at radius 3 is 2.00 bits per heavy atom. The van der Waals surface area contributed by atoms with Crippen molar-refractivity contribution in [3.05, 3.63) is 0 Å². The molecule has 0 aromatic heterocycles. The van der Waals surface area contributed by atoms with Gasteiger partial charge in [0.1, 0.15) is 5.25 Å². The zero-order valence-corrected chi connectivity index (χ0v) is 9.08. The van der Waals surface area contributed by atoms with Crippen molar-refractivity contribution in [2.24, 2.45) is 5.73 Å². The van der Waals surface area contributed by atoms with Crippen LogP contribution in [0.15, 0.2) is 0 Å². The predicted octanol–water partition coefficient (Wildman–Crippen LogP) is 1.34. The van der Waals surface area contributed by atoms with E-state index in [0.717, 1.165) is 0 Å². The molecule has 4 nitrogen and oxygen atoms in total. The van der Waals surface area contributed by atoms with Crippen LogP contribution < -0.4 is 5.73 Å². The van der Waals surface area contributed by atoms with E-state index in [4.69, 9.17) is 0 Å². The van der Waals surface area contributed by atoms with Crippen molar-refractivity contribution in [2.45, 2.75) is 29.0 Å². The summed E-state index contributed by atoms with van der Waals surface area (Å²) in [5, 5.41) is -1.93. The number of esters is 1. The fourth-order valence-electron chi connectivity index (χ4n) is 1.20. The minimum absolute atomic E-state index is 0.814. The average molecular weight is 297 g/mol. The van der Waals surface area contributed by atoms with Crippen LogP contribution in [0, 0.1) is 0 Å². The van der Waals surface area contributed by atoms with Gasteiger partial charge in [0.15, 0.2) is 0 Å². The first-order chi connectivity index (χ1) is 7.91. The summed E-state index contributed by atoms with van der Waals surface area (Å²) < 4.78 is 78.2. The third-order valence-electron chi connectivity index (χ3n) is 1.95. The first-order valence-electron chi connectivity index (χ1n) is 4.23. The highest BCUT2D eigenvalue weighted by Crippen LogP contribution is 2.58. The molecule has 1 rings (SSSR count). The highest BCUT2D eigenvalue weighted by Gasteiger charge is 2.78. The molecule has 0 radical (unpaired) electrons. The zero-order valence-electron chi connectivity index (χ0n) is 8.26. The third-order valence-corrected chi connectivity index (χ3v) is 3.47. The fraction of sp³-hybridized carbons (Fsp3) is 0.714. The van der Waals surface area contributed by atoms with E-state index in [9.17, 15) is 35.9 Å². The molecule has 1 amide bonds. The lowest BCUT2D eigenvalue weighted by Gasteiger charge is -2.30. The minimum Gasteiger partial charge on any atom is -0.428 e. The number of nitrogens with two attached hydrogens (primary N) is 1. The first kappa shape index (κ1) is 14.9. The molecule has 0 aromatic carbocycles. The van der Waals surface area contributed by atoms with Gasteiger partial charge in [0.2, 0.25) is 5.91 Å². The van der Waals surface area contributed by atoms with E-state index in [1.807, 2.05) is 0 Å². The summed E-state index contributed by atoms with van der Waals surface area (Å²) in [5.41, 5.74) is 4.62. The monoisotopic (exact) mass is 297 g/mol. The van der Waals surface area contributed by atoms with Crippen LogP contribution in [0.4, 0.5) is 26.3 Å². The van der Waals surface area contributed by atoms with Gasteiger partial charge in [-0.1, -0.05) is 11.8 Å². The van der Waals surface area contributed by atoms with Crippen molar-refractivity contribution in [2.75, 3.05) is 0 Å². The summed E-state index contributed by atoms with van der Waals surface area (Å²) in [4.78, 5) is 16.8. The van der Waals surface area contributed by atoms with Crippen LogP contribution in [0.5, 0.6) is 0 Å². The van der Waals surface area contributed by atoms with Crippen LogP contribution in [0.1, 0.15) is 6.42 Å². The van der Waals surface area contributed by atoms with Crippen LogP contribution in [0.2, 0.25) is 0 Å². The molecule has 1 heterocycles. The second-order valence-electron chi connectivity index (χ2n) is 3.31.